The van der Waals surface area contributed by atoms with Gasteiger partial charge in [0.2, 0.25) is 0 Å². The van der Waals surface area contributed by atoms with E-state index in [9.17, 15) is 0 Å². The molecule has 0 bridgehead atoms. The van der Waals surface area contributed by atoms with Crippen molar-refractivity contribution >= 4 is 23.5 Å². The Labute approximate surface area is 93.4 Å². The van der Waals surface area contributed by atoms with Crippen LogP contribution in [0.2, 0.25) is 0 Å². The van der Waals surface area contributed by atoms with Gasteiger partial charge < -0.3 is 0 Å². The lowest BCUT2D eigenvalue weighted by Crippen LogP contribution is -2.19. The zero-order chi connectivity index (χ0) is 9.86. The molecule has 0 fully saturated rings. The summed E-state index contributed by atoms with van der Waals surface area (Å²) in [5.41, 5.74) is 1.34. The summed E-state index contributed by atoms with van der Waals surface area (Å²) in [6.45, 7) is 0. The van der Waals surface area contributed by atoms with Gasteiger partial charge in [0.05, 0.1) is 4.08 Å². The van der Waals surface area contributed by atoms with Crippen LogP contribution in [0.1, 0.15) is 12.0 Å². The maximum absolute atomic E-state index is 4.20. The zero-order valence-corrected chi connectivity index (χ0v) is 9.78. The second kappa shape index (κ2) is 4.41. The monoisotopic (exact) mass is 223 g/mol. The van der Waals surface area contributed by atoms with Crippen molar-refractivity contribution in [3.8, 4) is 0 Å². The van der Waals surface area contributed by atoms with Crippen LogP contribution in [-0.2, 0) is 4.08 Å². The Morgan fingerprint density at radius 1 is 1.50 bits per heavy atom. The number of rotatable bonds is 2. The van der Waals surface area contributed by atoms with E-state index in [0.29, 0.717) is 0 Å². The number of hydrogen-bond donors (Lipinski definition) is 0. The first kappa shape index (κ1) is 10.1. The second-order valence-corrected chi connectivity index (χ2v) is 5.87. The second-order valence-electron chi connectivity index (χ2n) is 3.19. The third kappa shape index (κ3) is 1.84. The van der Waals surface area contributed by atoms with Gasteiger partial charge in [-0.15, -0.1) is 23.5 Å². The predicted molar refractivity (Wildman–Crippen MR) is 65.6 cm³/mol. The van der Waals surface area contributed by atoms with Crippen LogP contribution in [-0.4, -0.2) is 17.0 Å². The Bertz CT molecular complexity index is 323. The van der Waals surface area contributed by atoms with Crippen molar-refractivity contribution < 1.29 is 0 Å². The number of aromatic nitrogens is 1. The predicted octanol–water partition coefficient (Wildman–Crippen LogP) is 3.29. The molecular weight excluding hydrogens is 210 g/mol. The molecule has 1 unspecified atom stereocenters. The Hall–Kier alpha value is -0.410. The van der Waals surface area contributed by atoms with E-state index in [4.69, 9.17) is 0 Å². The van der Waals surface area contributed by atoms with Crippen LogP contribution < -0.4 is 0 Å². The first-order chi connectivity index (χ1) is 6.87. The molecule has 0 N–H and O–H groups in total. The van der Waals surface area contributed by atoms with E-state index >= 15 is 0 Å². The summed E-state index contributed by atoms with van der Waals surface area (Å²) in [5.74, 6) is 1.11. The number of hydrogen-bond acceptors (Lipinski definition) is 3. The lowest BCUT2D eigenvalue weighted by molar-refractivity contribution is 0.880. The highest BCUT2D eigenvalue weighted by atomic mass is 32.2. The van der Waals surface area contributed by atoms with Gasteiger partial charge in [-0.25, -0.2) is 0 Å². The van der Waals surface area contributed by atoms with Gasteiger partial charge in [0, 0.05) is 18.1 Å². The molecule has 2 heterocycles. The van der Waals surface area contributed by atoms with E-state index in [1.165, 1.54) is 5.56 Å². The Kier molecular flexibility index (Phi) is 3.19. The van der Waals surface area contributed by atoms with Gasteiger partial charge in [-0.2, -0.15) is 0 Å². The minimum Gasteiger partial charge on any atom is -0.264 e. The summed E-state index contributed by atoms with van der Waals surface area (Å²) in [4.78, 5) is 4.20. The van der Waals surface area contributed by atoms with Crippen molar-refractivity contribution in [3.63, 3.8) is 0 Å². The maximum Gasteiger partial charge on any atom is 0.0909 e. The van der Waals surface area contributed by atoms with Crippen molar-refractivity contribution in [2.45, 2.75) is 10.5 Å². The summed E-state index contributed by atoms with van der Waals surface area (Å²) >= 11 is 3.92. The molecule has 1 aromatic heterocycles. The van der Waals surface area contributed by atoms with Crippen LogP contribution in [0, 0.1) is 0 Å². The summed E-state index contributed by atoms with van der Waals surface area (Å²) in [6, 6.07) is 4.20. The molecule has 1 nitrogen and oxygen atoms in total. The van der Waals surface area contributed by atoms with Crippen LogP contribution in [0.3, 0.4) is 0 Å². The van der Waals surface area contributed by atoms with Gasteiger partial charge in [-0.1, -0.05) is 18.2 Å². The van der Waals surface area contributed by atoms with E-state index in [2.05, 4.69) is 29.5 Å². The summed E-state index contributed by atoms with van der Waals surface area (Å²) in [6.07, 6.45) is 11.6. The molecule has 74 valence electrons. The Morgan fingerprint density at radius 2 is 2.43 bits per heavy atom. The minimum absolute atomic E-state index is 0.197. The highest BCUT2D eigenvalue weighted by Gasteiger charge is 2.32. The van der Waals surface area contributed by atoms with E-state index in [1.54, 1.807) is 0 Å². The fraction of sp³-hybridized carbons (Fsp3) is 0.364. The molecule has 2 rings (SSSR count). The fourth-order valence-corrected chi connectivity index (χ4v) is 3.90. The molecule has 0 spiro atoms. The van der Waals surface area contributed by atoms with Gasteiger partial charge in [-0.05, 0) is 24.3 Å². The molecule has 0 saturated carbocycles. The van der Waals surface area contributed by atoms with Crippen molar-refractivity contribution in [3.05, 3.63) is 42.2 Å². The average Bonchev–Trinajstić information content (AvgIpc) is 2.31. The SMILES string of the molecule is CSC1(c2cccnc2)CC=CCS1. The molecule has 14 heavy (non-hydrogen) atoms. The van der Waals surface area contributed by atoms with Gasteiger partial charge in [0.25, 0.3) is 0 Å². The van der Waals surface area contributed by atoms with Crippen LogP contribution in [0.25, 0.3) is 0 Å². The standard InChI is InChI=1S/C11H13NS2/c1-13-11(6-2-3-8-14-11)10-5-4-7-12-9-10/h2-5,7,9H,6,8H2,1H3. The summed E-state index contributed by atoms with van der Waals surface area (Å²) in [7, 11) is 0. The van der Waals surface area contributed by atoms with E-state index in [1.807, 2.05) is 42.0 Å². The molecule has 0 aromatic carbocycles. The molecule has 0 aliphatic carbocycles. The number of pyridine rings is 1. The number of thioether (sulfide) groups is 2. The highest BCUT2D eigenvalue weighted by Crippen LogP contribution is 2.49. The summed E-state index contributed by atoms with van der Waals surface area (Å²) < 4.78 is 0.197. The van der Waals surface area contributed by atoms with Crippen molar-refractivity contribution in [2.75, 3.05) is 12.0 Å². The lowest BCUT2D eigenvalue weighted by Gasteiger charge is -2.32. The van der Waals surface area contributed by atoms with Gasteiger partial charge in [0.15, 0.2) is 0 Å². The summed E-state index contributed by atoms with van der Waals surface area (Å²) in [5, 5.41) is 0. The third-order valence-corrected chi connectivity index (χ3v) is 5.54. The molecule has 3 heteroatoms. The van der Waals surface area contributed by atoms with Crippen LogP contribution in [0.5, 0.6) is 0 Å². The fourth-order valence-electron chi connectivity index (χ4n) is 1.60. The molecular formula is C11H13NS2. The molecule has 1 atom stereocenters. The average molecular weight is 223 g/mol. The molecule has 0 radical (unpaired) electrons. The molecule has 1 aromatic rings. The largest absolute Gasteiger partial charge is 0.264 e. The Balaban J connectivity index is 2.33. The molecule has 0 amide bonds. The molecule has 1 aliphatic heterocycles. The van der Waals surface area contributed by atoms with Crippen LogP contribution in [0.15, 0.2) is 36.7 Å². The highest BCUT2D eigenvalue weighted by molar-refractivity contribution is 8.17. The van der Waals surface area contributed by atoms with Crippen molar-refractivity contribution in [1.29, 1.82) is 0 Å². The van der Waals surface area contributed by atoms with Gasteiger partial charge >= 0.3 is 0 Å². The quantitative estimate of drug-likeness (QED) is 0.714. The first-order valence-corrected chi connectivity index (χ1v) is 6.83. The minimum atomic E-state index is 0.197. The maximum atomic E-state index is 4.20. The van der Waals surface area contributed by atoms with Crippen LogP contribution >= 0.6 is 23.5 Å². The van der Waals surface area contributed by atoms with Crippen molar-refractivity contribution in [2.24, 2.45) is 0 Å². The normalized spacial score (nSPS) is 26.4. The van der Waals surface area contributed by atoms with Gasteiger partial charge in [-0.3, -0.25) is 4.98 Å². The van der Waals surface area contributed by atoms with E-state index in [-0.39, 0.29) is 4.08 Å². The van der Waals surface area contributed by atoms with E-state index < -0.39 is 0 Å². The molecule has 1 aliphatic rings. The van der Waals surface area contributed by atoms with Crippen molar-refractivity contribution in [1.82, 2.24) is 4.98 Å². The zero-order valence-electron chi connectivity index (χ0n) is 8.14. The number of nitrogens with zero attached hydrogens (tertiary/aromatic N) is 1. The van der Waals surface area contributed by atoms with Gasteiger partial charge in [0.1, 0.15) is 0 Å². The lowest BCUT2D eigenvalue weighted by atomic mass is 10.1. The molecule has 0 saturated heterocycles. The van der Waals surface area contributed by atoms with Crippen LogP contribution in [0.4, 0.5) is 0 Å². The Morgan fingerprint density at radius 3 is 3.00 bits per heavy atom. The number of allylic oxidation sites excluding steroid dienone is 1. The topological polar surface area (TPSA) is 12.9 Å². The first-order valence-electron chi connectivity index (χ1n) is 4.62. The smallest absolute Gasteiger partial charge is 0.0909 e. The van der Waals surface area contributed by atoms with E-state index in [0.717, 1.165) is 12.2 Å². The third-order valence-electron chi connectivity index (χ3n) is 2.40.